The van der Waals surface area contributed by atoms with Gasteiger partial charge in [-0.1, -0.05) is 54.6 Å². The van der Waals surface area contributed by atoms with Gasteiger partial charge in [-0.2, -0.15) is 0 Å². The quantitative estimate of drug-likeness (QED) is 0.437. The third-order valence-electron chi connectivity index (χ3n) is 6.81. The van der Waals surface area contributed by atoms with Gasteiger partial charge in [0.1, 0.15) is 12.6 Å². The molecule has 2 N–H and O–H groups in total. The predicted octanol–water partition coefficient (Wildman–Crippen LogP) is 5.38. The van der Waals surface area contributed by atoms with E-state index in [-0.39, 0.29) is 18.9 Å². The molecule has 4 rings (SSSR count). The van der Waals surface area contributed by atoms with Crippen LogP contribution in [0.25, 0.3) is 11.1 Å². The van der Waals surface area contributed by atoms with Gasteiger partial charge in [-0.15, -0.1) is 0 Å². The standard InChI is InChI=1S/C29H32N2O4/c1-4-31(5-2)21-15-14-20(19(3)16-21)17-27(28(32)33)30-29(34)35-18-26-24-12-8-6-10-22(24)23-11-7-9-13-25(23)26/h6-16,26-27H,4-5,17-18H2,1-3H3,(H,30,34)(H,32,33). The molecule has 6 nitrogen and oxygen atoms in total. The van der Waals surface area contributed by atoms with E-state index in [1.54, 1.807) is 0 Å². The molecule has 1 aliphatic carbocycles. The maximum atomic E-state index is 12.6. The lowest BCUT2D eigenvalue weighted by Crippen LogP contribution is -2.43. The summed E-state index contributed by atoms with van der Waals surface area (Å²) in [6, 6.07) is 21.1. The van der Waals surface area contributed by atoms with E-state index in [1.165, 1.54) is 0 Å². The summed E-state index contributed by atoms with van der Waals surface area (Å²) in [5.41, 5.74) is 7.49. The highest BCUT2D eigenvalue weighted by Crippen LogP contribution is 2.44. The molecule has 3 aromatic carbocycles. The molecule has 6 heteroatoms. The van der Waals surface area contributed by atoms with E-state index in [0.29, 0.717) is 0 Å². The number of carboxylic acids is 1. The van der Waals surface area contributed by atoms with Crippen molar-refractivity contribution in [2.75, 3.05) is 24.6 Å². The number of aliphatic carboxylic acids is 1. The van der Waals surface area contributed by atoms with Gasteiger partial charge in [0.15, 0.2) is 0 Å². The Hall–Kier alpha value is -3.80. The molecule has 0 fully saturated rings. The highest BCUT2D eigenvalue weighted by molar-refractivity contribution is 5.81. The largest absolute Gasteiger partial charge is 0.480 e. The minimum Gasteiger partial charge on any atom is -0.480 e. The lowest BCUT2D eigenvalue weighted by molar-refractivity contribution is -0.139. The number of carboxylic acid groups (broad SMARTS) is 1. The molecule has 1 aliphatic rings. The number of fused-ring (bicyclic) bond motifs is 3. The molecule has 0 radical (unpaired) electrons. The summed E-state index contributed by atoms with van der Waals surface area (Å²) < 4.78 is 5.55. The first-order valence-corrected chi connectivity index (χ1v) is 12.1. The van der Waals surface area contributed by atoms with E-state index in [1.807, 2.05) is 55.5 Å². The number of aryl methyl sites for hydroxylation is 1. The summed E-state index contributed by atoms with van der Waals surface area (Å²) in [5, 5.41) is 12.3. The molecule has 3 aromatic rings. The van der Waals surface area contributed by atoms with E-state index in [2.05, 4.69) is 42.3 Å². The van der Waals surface area contributed by atoms with Crippen LogP contribution in [0, 0.1) is 6.92 Å². The van der Waals surface area contributed by atoms with Crippen molar-refractivity contribution in [2.24, 2.45) is 0 Å². The van der Waals surface area contributed by atoms with Crippen LogP contribution in [0.5, 0.6) is 0 Å². The zero-order valence-corrected chi connectivity index (χ0v) is 20.5. The zero-order valence-electron chi connectivity index (χ0n) is 20.5. The lowest BCUT2D eigenvalue weighted by Gasteiger charge is -2.23. The van der Waals surface area contributed by atoms with Crippen molar-refractivity contribution in [3.05, 3.63) is 89.0 Å². The van der Waals surface area contributed by atoms with Gasteiger partial charge in [0.05, 0.1) is 0 Å². The molecule has 0 bridgehead atoms. The fourth-order valence-electron chi connectivity index (χ4n) is 4.90. The van der Waals surface area contributed by atoms with E-state index in [0.717, 1.165) is 52.2 Å². The van der Waals surface area contributed by atoms with Crippen LogP contribution in [0.3, 0.4) is 0 Å². The number of carbonyl (C=O) groups is 2. The van der Waals surface area contributed by atoms with Crippen molar-refractivity contribution in [3.63, 3.8) is 0 Å². The summed E-state index contributed by atoms with van der Waals surface area (Å²) in [5.74, 6) is -1.17. The number of hydrogen-bond donors (Lipinski definition) is 2. The number of amides is 1. The summed E-state index contributed by atoms with van der Waals surface area (Å²) >= 11 is 0. The summed E-state index contributed by atoms with van der Waals surface area (Å²) in [6.45, 7) is 8.11. The second-order valence-corrected chi connectivity index (χ2v) is 8.85. The number of carbonyl (C=O) groups excluding carboxylic acids is 1. The van der Waals surface area contributed by atoms with E-state index >= 15 is 0 Å². The fourth-order valence-corrected chi connectivity index (χ4v) is 4.90. The molecule has 35 heavy (non-hydrogen) atoms. The minimum absolute atomic E-state index is 0.0775. The second kappa shape index (κ2) is 10.6. The molecule has 182 valence electrons. The van der Waals surface area contributed by atoms with Gasteiger partial charge in [-0.25, -0.2) is 9.59 Å². The number of alkyl carbamates (subject to hydrolysis) is 1. The second-order valence-electron chi connectivity index (χ2n) is 8.85. The zero-order chi connectivity index (χ0) is 24.9. The molecule has 0 saturated carbocycles. The molecular weight excluding hydrogens is 440 g/mol. The topological polar surface area (TPSA) is 78.9 Å². The number of rotatable bonds is 9. The maximum absolute atomic E-state index is 12.6. The third-order valence-corrected chi connectivity index (χ3v) is 6.81. The van der Waals surface area contributed by atoms with Gasteiger partial charge >= 0.3 is 12.1 Å². The first-order valence-electron chi connectivity index (χ1n) is 12.1. The Morgan fingerprint density at radius 2 is 1.57 bits per heavy atom. The van der Waals surface area contributed by atoms with Crippen LogP contribution in [0.2, 0.25) is 0 Å². The molecule has 0 heterocycles. The molecule has 1 amide bonds. The van der Waals surface area contributed by atoms with Gasteiger partial charge in [0, 0.05) is 31.1 Å². The van der Waals surface area contributed by atoms with Gasteiger partial charge in [0.2, 0.25) is 0 Å². The SMILES string of the molecule is CCN(CC)c1ccc(CC(NC(=O)OCC2c3ccccc3-c3ccccc32)C(=O)O)c(C)c1. The van der Waals surface area contributed by atoms with Crippen LogP contribution in [0.1, 0.15) is 42.0 Å². The fraction of sp³-hybridized carbons (Fsp3) is 0.310. The number of ether oxygens (including phenoxy) is 1. The van der Waals surface area contributed by atoms with Gasteiger partial charge in [-0.3, -0.25) is 0 Å². The smallest absolute Gasteiger partial charge is 0.407 e. The Labute approximate surface area is 206 Å². The number of nitrogens with zero attached hydrogens (tertiary/aromatic N) is 1. The highest BCUT2D eigenvalue weighted by atomic mass is 16.5. The Bertz CT molecular complexity index is 1170. The maximum Gasteiger partial charge on any atom is 0.407 e. The summed E-state index contributed by atoms with van der Waals surface area (Å²) in [7, 11) is 0. The van der Waals surface area contributed by atoms with Gasteiger partial charge in [-0.05, 0) is 66.3 Å². The van der Waals surface area contributed by atoms with E-state index < -0.39 is 18.1 Å². The van der Waals surface area contributed by atoms with Crippen molar-refractivity contribution in [1.29, 1.82) is 0 Å². The Morgan fingerprint density at radius 1 is 0.971 bits per heavy atom. The number of anilines is 1. The van der Waals surface area contributed by atoms with Crippen LogP contribution in [-0.2, 0) is 16.0 Å². The van der Waals surface area contributed by atoms with Gasteiger partial charge in [0.25, 0.3) is 0 Å². The van der Waals surface area contributed by atoms with Crippen LogP contribution in [-0.4, -0.2) is 42.9 Å². The Balaban J connectivity index is 1.42. The van der Waals surface area contributed by atoms with E-state index in [9.17, 15) is 14.7 Å². The number of nitrogens with one attached hydrogen (secondary N) is 1. The lowest BCUT2D eigenvalue weighted by atomic mass is 9.98. The molecule has 0 saturated heterocycles. The van der Waals surface area contributed by atoms with Crippen molar-refractivity contribution in [3.8, 4) is 11.1 Å². The highest BCUT2D eigenvalue weighted by Gasteiger charge is 2.30. The normalized spacial score (nSPS) is 13.0. The average Bonchev–Trinajstić information content (AvgIpc) is 3.18. The van der Waals surface area contributed by atoms with Crippen LogP contribution >= 0.6 is 0 Å². The minimum atomic E-state index is -1.09. The van der Waals surface area contributed by atoms with Crippen molar-refractivity contribution < 1.29 is 19.4 Å². The molecule has 1 unspecified atom stereocenters. The number of benzene rings is 3. The molecule has 0 spiro atoms. The average molecular weight is 473 g/mol. The van der Waals surface area contributed by atoms with Crippen LogP contribution in [0.15, 0.2) is 66.7 Å². The Kier molecular flexibility index (Phi) is 7.39. The van der Waals surface area contributed by atoms with Crippen molar-refractivity contribution in [1.82, 2.24) is 5.32 Å². The summed E-state index contributed by atoms with van der Waals surface area (Å²) in [6.07, 6.45) is -0.541. The first kappa shape index (κ1) is 24.3. The third kappa shape index (κ3) is 5.16. The monoisotopic (exact) mass is 472 g/mol. The van der Waals surface area contributed by atoms with E-state index in [4.69, 9.17) is 4.74 Å². The predicted molar refractivity (Wildman–Crippen MR) is 138 cm³/mol. The van der Waals surface area contributed by atoms with Crippen molar-refractivity contribution in [2.45, 2.75) is 39.2 Å². The number of hydrogen-bond acceptors (Lipinski definition) is 4. The van der Waals surface area contributed by atoms with Crippen LogP contribution in [0.4, 0.5) is 10.5 Å². The van der Waals surface area contributed by atoms with Gasteiger partial charge < -0.3 is 20.1 Å². The molecule has 1 atom stereocenters. The first-order chi connectivity index (χ1) is 16.9. The molecule has 0 aliphatic heterocycles. The molecular formula is C29H32N2O4. The Morgan fingerprint density at radius 3 is 2.11 bits per heavy atom. The molecule has 0 aromatic heterocycles. The van der Waals surface area contributed by atoms with Crippen molar-refractivity contribution >= 4 is 17.7 Å². The van der Waals surface area contributed by atoms with Crippen LogP contribution < -0.4 is 10.2 Å². The summed E-state index contributed by atoms with van der Waals surface area (Å²) in [4.78, 5) is 26.8.